The number of anilines is 1. The van der Waals surface area contributed by atoms with Crippen molar-refractivity contribution in [2.45, 2.75) is 54.0 Å². The van der Waals surface area contributed by atoms with Crippen LogP contribution in [0.4, 0.5) is 5.82 Å². The van der Waals surface area contributed by atoms with Gasteiger partial charge in [0, 0.05) is 39.3 Å². The Kier molecular flexibility index (Phi) is 18.5. The van der Waals surface area contributed by atoms with Crippen LogP contribution in [0.1, 0.15) is 62.8 Å². The molecule has 0 bridgehead atoms. The van der Waals surface area contributed by atoms with Crippen molar-refractivity contribution in [3.8, 4) is 6.07 Å². The van der Waals surface area contributed by atoms with Gasteiger partial charge in [-0.05, 0) is 55.3 Å². The van der Waals surface area contributed by atoms with Gasteiger partial charge in [0.15, 0.2) is 0 Å². The molecule has 2 N–H and O–H groups in total. The summed E-state index contributed by atoms with van der Waals surface area (Å²) >= 11 is 0. The number of pyridine rings is 1. The van der Waals surface area contributed by atoms with Crippen molar-refractivity contribution < 1.29 is 4.79 Å². The molecule has 36 heavy (non-hydrogen) atoms. The van der Waals surface area contributed by atoms with Crippen LogP contribution < -0.4 is 15.5 Å². The highest BCUT2D eigenvalue weighted by Crippen LogP contribution is 2.16. The lowest BCUT2D eigenvalue weighted by Crippen LogP contribution is -2.24. The number of benzene rings is 1. The Bertz CT molecular complexity index is 987. The molecule has 0 saturated carbocycles. The maximum absolute atomic E-state index is 11.3. The molecule has 0 spiro atoms. The van der Waals surface area contributed by atoms with Gasteiger partial charge in [0.25, 0.3) is 0 Å². The minimum Gasteiger partial charge on any atom is -0.360 e. The molecular formula is C30H43N5O. The van der Waals surface area contributed by atoms with E-state index < -0.39 is 0 Å². The number of hydrogen-bond donors (Lipinski definition) is 2. The van der Waals surface area contributed by atoms with E-state index in [9.17, 15) is 4.79 Å². The van der Waals surface area contributed by atoms with Gasteiger partial charge in [0.05, 0.1) is 5.56 Å². The predicted molar refractivity (Wildman–Crippen MR) is 154 cm³/mol. The van der Waals surface area contributed by atoms with E-state index in [4.69, 9.17) is 5.26 Å². The standard InChI is InChI=1S/C19H26N2O.C9H11N3.C2H6/c1-4-6-7-8-12-18-16(3)10-9-11-17(18)15-20-14-13-19(22)21-5-2;1-3-12(2)9-5-4-8(6-10)7-11-9;1-2/h5-12,20H,2,4,13-15H2,1,3H3,(H,21,22);4-5,7H,3H2,1-2H3;1-2H3/b7-6+,12-8-;;. The van der Waals surface area contributed by atoms with E-state index >= 15 is 0 Å². The van der Waals surface area contributed by atoms with Gasteiger partial charge < -0.3 is 15.5 Å². The number of allylic oxidation sites excluding steroid dienone is 3. The Balaban J connectivity index is 0.000000735. The predicted octanol–water partition coefficient (Wildman–Crippen LogP) is 6.15. The number of aryl methyl sites for hydroxylation is 1. The van der Waals surface area contributed by atoms with Crippen LogP contribution in [-0.4, -0.2) is 31.0 Å². The molecule has 6 nitrogen and oxygen atoms in total. The van der Waals surface area contributed by atoms with Crippen molar-refractivity contribution in [2.24, 2.45) is 0 Å². The van der Waals surface area contributed by atoms with Gasteiger partial charge in [-0.25, -0.2) is 4.98 Å². The number of amides is 1. The smallest absolute Gasteiger partial charge is 0.225 e. The van der Waals surface area contributed by atoms with Crippen LogP contribution in [0.5, 0.6) is 0 Å². The molecule has 0 atom stereocenters. The zero-order chi connectivity index (χ0) is 27.2. The van der Waals surface area contributed by atoms with Crippen molar-refractivity contribution in [2.75, 3.05) is 25.0 Å². The molecule has 0 fully saturated rings. The highest BCUT2D eigenvalue weighted by molar-refractivity contribution is 5.76. The largest absolute Gasteiger partial charge is 0.360 e. The molecular weight excluding hydrogens is 446 g/mol. The van der Waals surface area contributed by atoms with Crippen molar-refractivity contribution in [1.82, 2.24) is 15.6 Å². The van der Waals surface area contributed by atoms with Crippen LogP contribution in [0, 0.1) is 18.3 Å². The third kappa shape index (κ3) is 13.3. The summed E-state index contributed by atoms with van der Waals surface area (Å²) in [4.78, 5) is 17.5. The Hall–Kier alpha value is -3.69. The summed E-state index contributed by atoms with van der Waals surface area (Å²) in [6.07, 6.45) is 12.9. The van der Waals surface area contributed by atoms with Crippen LogP contribution in [0.3, 0.4) is 0 Å². The molecule has 1 aromatic heterocycles. The van der Waals surface area contributed by atoms with Gasteiger partial charge >= 0.3 is 0 Å². The first kappa shape index (κ1) is 32.3. The number of aromatic nitrogens is 1. The van der Waals surface area contributed by atoms with Gasteiger partial charge in [-0.2, -0.15) is 5.26 Å². The molecule has 194 valence electrons. The lowest BCUT2D eigenvalue weighted by molar-refractivity contribution is -0.120. The first-order valence-corrected chi connectivity index (χ1v) is 12.6. The number of carbonyl (C=O) groups is 1. The zero-order valence-electron chi connectivity index (χ0n) is 22.8. The number of nitrogens with one attached hydrogen (secondary N) is 2. The second-order valence-electron chi connectivity index (χ2n) is 7.57. The van der Waals surface area contributed by atoms with Crippen LogP contribution >= 0.6 is 0 Å². The molecule has 0 radical (unpaired) electrons. The van der Waals surface area contributed by atoms with E-state index in [1.165, 1.54) is 22.9 Å². The third-order valence-electron chi connectivity index (χ3n) is 5.01. The minimum atomic E-state index is -0.0171. The van der Waals surface area contributed by atoms with Crippen molar-refractivity contribution in [1.29, 1.82) is 5.26 Å². The number of rotatable bonds is 11. The van der Waals surface area contributed by atoms with E-state index in [-0.39, 0.29) is 5.91 Å². The molecule has 0 aliphatic carbocycles. The number of nitriles is 1. The van der Waals surface area contributed by atoms with E-state index in [2.05, 4.69) is 85.5 Å². The molecule has 2 aromatic rings. The van der Waals surface area contributed by atoms with Crippen molar-refractivity contribution >= 4 is 17.8 Å². The lowest BCUT2D eigenvalue weighted by atomic mass is 10.0. The fraction of sp³-hybridized carbons (Fsp3) is 0.367. The maximum atomic E-state index is 11.3. The second-order valence-corrected chi connectivity index (χ2v) is 7.57. The first-order chi connectivity index (χ1) is 17.5. The molecule has 0 aliphatic rings. The fourth-order valence-electron chi connectivity index (χ4n) is 2.95. The molecule has 1 heterocycles. The van der Waals surface area contributed by atoms with Crippen molar-refractivity contribution in [3.05, 3.63) is 89.8 Å². The number of carbonyl (C=O) groups excluding carboxylic acids is 1. The Morgan fingerprint density at radius 1 is 1.19 bits per heavy atom. The average molecular weight is 490 g/mol. The SMILES string of the molecule is C=CNC(=O)CCNCc1cccc(C)c1/C=C\C=C\CC.CC.CCN(C)c1ccc(C#N)cn1. The van der Waals surface area contributed by atoms with Crippen LogP contribution in [0.2, 0.25) is 0 Å². The average Bonchev–Trinajstić information content (AvgIpc) is 2.91. The summed E-state index contributed by atoms with van der Waals surface area (Å²) in [6.45, 7) is 16.1. The van der Waals surface area contributed by atoms with Crippen molar-refractivity contribution in [3.63, 3.8) is 0 Å². The van der Waals surface area contributed by atoms with E-state index in [0.717, 1.165) is 25.3 Å². The molecule has 0 saturated heterocycles. The van der Waals surface area contributed by atoms with E-state index in [0.29, 0.717) is 18.5 Å². The molecule has 1 amide bonds. The van der Waals surface area contributed by atoms with Gasteiger partial charge in [0.1, 0.15) is 11.9 Å². The monoisotopic (exact) mass is 489 g/mol. The molecule has 2 rings (SSSR count). The summed E-state index contributed by atoms with van der Waals surface area (Å²) < 4.78 is 0. The van der Waals surface area contributed by atoms with E-state index in [1.54, 1.807) is 12.3 Å². The van der Waals surface area contributed by atoms with Crippen LogP contribution in [0.25, 0.3) is 6.08 Å². The second kappa shape index (κ2) is 20.7. The topological polar surface area (TPSA) is 81.0 Å². The van der Waals surface area contributed by atoms with Gasteiger partial charge in [-0.3, -0.25) is 4.79 Å². The highest BCUT2D eigenvalue weighted by Gasteiger charge is 2.03. The summed E-state index contributed by atoms with van der Waals surface area (Å²) in [5.74, 6) is 0.882. The van der Waals surface area contributed by atoms with Gasteiger partial charge in [-0.1, -0.05) is 69.9 Å². The Morgan fingerprint density at radius 2 is 1.94 bits per heavy atom. The Morgan fingerprint density at radius 3 is 2.53 bits per heavy atom. The lowest BCUT2D eigenvalue weighted by Gasteiger charge is -2.14. The molecule has 6 heteroatoms. The van der Waals surface area contributed by atoms with Crippen LogP contribution in [0.15, 0.2) is 67.5 Å². The minimum absolute atomic E-state index is 0.0171. The zero-order valence-corrected chi connectivity index (χ0v) is 22.8. The van der Waals surface area contributed by atoms with Gasteiger partial charge in [0.2, 0.25) is 5.91 Å². The summed E-state index contributed by atoms with van der Waals surface area (Å²) in [6, 6.07) is 12.0. The number of nitrogens with zero attached hydrogens (tertiary/aromatic N) is 3. The molecule has 0 aliphatic heterocycles. The summed E-state index contributed by atoms with van der Waals surface area (Å²) in [5.41, 5.74) is 4.34. The van der Waals surface area contributed by atoms with E-state index in [1.807, 2.05) is 37.9 Å². The summed E-state index contributed by atoms with van der Waals surface area (Å²) in [5, 5.41) is 14.4. The quantitative estimate of drug-likeness (QED) is 0.292. The molecule has 1 aromatic carbocycles. The van der Waals surface area contributed by atoms with Crippen LogP contribution in [-0.2, 0) is 11.3 Å². The highest BCUT2D eigenvalue weighted by atomic mass is 16.1. The Labute approximate surface area is 218 Å². The molecule has 0 unspecified atom stereocenters. The number of hydrogen-bond acceptors (Lipinski definition) is 5. The van der Waals surface area contributed by atoms with Gasteiger partial charge in [-0.15, -0.1) is 0 Å². The first-order valence-electron chi connectivity index (χ1n) is 12.6. The summed E-state index contributed by atoms with van der Waals surface area (Å²) in [7, 11) is 1.97. The normalized spacial score (nSPS) is 10.0. The maximum Gasteiger partial charge on any atom is 0.225 e. The fourth-order valence-corrected chi connectivity index (χ4v) is 2.95. The third-order valence-corrected chi connectivity index (χ3v) is 5.01.